The van der Waals surface area contributed by atoms with Crippen molar-refractivity contribution in [1.82, 2.24) is 0 Å². The maximum atomic E-state index is 8.57. The summed E-state index contributed by atoms with van der Waals surface area (Å²) < 4.78 is 8.13. The Bertz CT molecular complexity index is 78.2. The highest BCUT2D eigenvalue weighted by molar-refractivity contribution is 7.85. The van der Waals surface area contributed by atoms with Crippen molar-refractivity contribution in [2.24, 2.45) is 0 Å². The first-order valence-electron chi connectivity index (χ1n) is 2.29. The van der Waals surface area contributed by atoms with Gasteiger partial charge in [0, 0.05) is 0 Å². The molecule has 0 saturated heterocycles. The van der Waals surface area contributed by atoms with Crippen LogP contribution >= 0.6 is 11.4 Å². The van der Waals surface area contributed by atoms with Gasteiger partial charge in [-0.25, -0.2) is 0 Å². The van der Waals surface area contributed by atoms with Gasteiger partial charge in [0.05, 0.1) is 11.4 Å². The van der Waals surface area contributed by atoms with Crippen molar-refractivity contribution in [2.75, 3.05) is 0 Å². The molecule has 0 rings (SSSR count). The second kappa shape index (κ2) is 4.06. The fraction of sp³-hybridized carbons (Fsp3) is 1.00. The average Bonchev–Trinajstić information content (AvgIpc) is 1.68. The van der Waals surface area contributed by atoms with Crippen LogP contribution in [0.1, 0.15) is 19.8 Å². The minimum Gasteiger partial charge on any atom is -0.376 e. The van der Waals surface area contributed by atoms with Crippen LogP contribution in [-0.4, -0.2) is 10.5 Å². The van der Waals surface area contributed by atoms with E-state index in [4.69, 9.17) is 9.71 Å². The minimum atomic E-state index is -0.579. The Morgan fingerprint density at radius 2 is 2.43 bits per heavy atom. The predicted molar refractivity (Wildman–Crippen MR) is 30.2 cm³/mol. The third-order valence-electron chi connectivity index (χ3n) is 0.657. The maximum absolute atomic E-state index is 8.57. The Morgan fingerprint density at radius 3 is 2.57 bits per heavy atom. The molecule has 0 amide bonds. The van der Waals surface area contributed by atoms with Crippen LogP contribution in [0.25, 0.3) is 0 Å². The van der Waals surface area contributed by atoms with Crippen molar-refractivity contribution in [3.63, 3.8) is 0 Å². The molecule has 0 aliphatic rings. The lowest BCUT2D eigenvalue weighted by Crippen LogP contribution is -1.93. The summed E-state index contributed by atoms with van der Waals surface area (Å²) in [6, 6.07) is 0. The lowest BCUT2D eigenvalue weighted by molar-refractivity contribution is 0.253. The SMILES string of the molecule is CCCC(O)S#N. The van der Waals surface area contributed by atoms with Crippen molar-refractivity contribution in [2.45, 2.75) is 25.2 Å². The van der Waals surface area contributed by atoms with Gasteiger partial charge in [-0.05, 0) is 6.42 Å². The third kappa shape index (κ3) is 3.73. The molecule has 0 heterocycles. The number of aliphatic hydroxyl groups excluding tert-OH is 1. The molecule has 0 bridgehead atoms. The highest BCUT2D eigenvalue weighted by atomic mass is 32.1. The lowest BCUT2D eigenvalue weighted by Gasteiger charge is -1.92. The van der Waals surface area contributed by atoms with Gasteiger partial charge in [-0.2, -0.15) is 4.61 Å². The van der Waals surface area contributed by atoms with Gasteiger partial charge in [0.15, 0.2) is 0 Å². The van der Waals surface area contributed by atoms with Gasteiger partial charge in [0.2, 0.25) is 0 Å². The molecule has 0 aliphatic heterocycles. The normalized spacial score (nSPS) is 13.3. The summed E-state index contributed by atoms with van der Waals surface area (Å²) in [5.41, 5.74) is -0.579. The highest BCUT2D eigenvalue weighted by Crippen LogP contribution is 2.00. The fourth-order valence-corrected chi connectivity index (χ4v) is 0.641. The fourth-order valence-electron chi connectivity index (χ4n) is 0.300. The van der Waals surface area contributed by atoms with Crippen LogP contribution in [0.2, 0.25) is 0 Å². The van der Waals surface area contributed by atoms with Crippen molar-refractivity contribution in [1.29, 1.82) is 4.61 Å². The van der Waals surface area contributed by atoms with Crippen molar-refractivity contribution in [3.05, 3.63) is 0 Å². The molecule has 7 heavy (non-hydrogen) atoms. The van der Waals surface area contributed by atoms with E-state index >= 15 is 0 Å². The lowest BCUT2D eigenvalue weighted by atomic mass is 10.4. The van der Waals surface area contributed by atoms with E-state index in [1.54, 1.807) is 0 Å². The van der Waals surface area contributed by atoms with E-state index < -0.39 is 5.44 Å². The molecule has 0 aromatic rings. The minimum absolute atomic E-state index is 0.505. The standard InChI is InChI=1S/C4H9NOS/c1-2-3-4(6)7-5/h4,6H,2-3H2,1H3. The largest absolute Gasteiger partial charge is 0.376 e. The van der Waals surface area contributed by atoms with Gasteiger partial charge in [-0.15, -0.1) is 0 Å². The van der Waals surface area contributed by atoms with Crippen LogP contribution < -0.4 is 0 Å². The number of nitrogens with zero attached hydrogens (tertiary/aromatic N) is 1. The molecule has 0 fully saturated rings. The number of aliphatic hydroxyl groups is 1. The van der Waals surface area contributed by atoms with E-state index in [0.29, 0.717) is 17.8 Å². The summed E-state index contributed by atoms with van der Waals surface area (Å²) in [5.74, 6) is 0. The van der Waals surface area contributed by atoms with Gasteiger partial charge >= 0.3 is 0 Å². The number of hydrogen-bond acceptors (Lipinski definition) is 2. The molecule has 0 saturated carbocycles. The Morgan fingerprint density at radius 1 is 1.86 bits per heavy atom. The van der Waals surface area contributed by atoms with Gasteiger partial charge in [-0.1, -0.05) is 13.3 Å². The second-order valence-electron chi connectivity index (χ2n) is 1.35. The van der Waals surface area contributed by atoms with E-state index in [1.807, 2.05) is 6.92 Å². The Kier molecular flexibility index (Phi) is 4.00. The van der Waals surface area contributed by atoms with Gasteiger partial charge < -0.3 is 5.11 Å². The molecule has 0 aliphatic carbocycles. The smallest absolute Gasteiger partial charge is 0.148 e. The molecule has 1 atom stereocenters. The van der Waals surface area contributed by atoms with E-state index in [0.717, 1.165) is 6.42 Å². The maximum Gasteiger partial charge on any atom is 0.148 e. The molecule has 1 unspecified atom stereocenters. The van der Waals surface area contributed by atoms with Crippen LogP contribution in [-0.2, 0) is 0 Å². The van der Waals surface area contributed by atoms with E-state index in [-0.39, 0.29) is 0 Å². The molecule has 0 aromatic heterocycles. The topological polar surface area (TPSA) is 44.0 Å². The molecule has 0 aromatic carbocycles. The second-order valence-corrected chi connectivity index (χ2v) is 2.10. The van der Waals surface area contributed by atoms with Crippen molar-refractivity contribution >= 4 is 11.4 Å². The monoisotopic (exact) mass is 119 g/mol. The predicted octanol–water partition coefficient (Wildman–Crippen LogP) is 1.32. The molecule has 0 radical (unpaired) electrons. The summed E-state index contributed by atoms with van der Waals surface area (Å²) in [7, 11) is 0. The Balaban J connectivity index is 3.04. The van der Waals surface area contributed by atoms with Crippen LogP contribution in [0.3, 0.4) is 0 Å². The first-order chi connectivity index (χ1) is 3.31. The van der Waals surface area contributed by atoms with E-state index in [1.165, 1.54) is 0 Å². The quantitative estimate of drug-likeness (QED) is 0.557. The molecule has 2 nitrogen and oxygen atoms in total. The zero-order valence-electron chi connectivity index (χ0n) is 4.29. The molecule has 1 N–H and O–H groups in total. The summed E-state index contributed by atoms with van der Waals surface area (Å²) >= 11 is 0.505. The Hall–Kier alpha value is -0.110. The third-order valence-corrected chi connectivity index (χ3v) is 1.14. The Labute approximate surface area is 47.1 Å². The first-order valence-corrected chi connectivity index (χ1v) is 3.13. The number of hydrogen-bond donors (Lipinski definition) is 1. The van der Waals surface area contributed by atoms with E-state index in [9.17, 15) is 0 Å². The zero-order valence-corrected chi connectivity index (χ0v) is 5.11. The van der Waals surface area contributed by atoms with Crippen LogP contribution in [0.15, 0.2) is 0 Å². The summed E-state index contributed by atoms with van der Waals surface area (Å²) in [6.45, 7) is 1.96. The molecule has 0 spiro atoms. The van der Waals surface area contributed by atoms with Crippen molar-refractivity contribution in [3.8, 4) is 0 Å². The molecule has 42 valence electrons. The van der Waals surface area contributed by atoms with Crippen LogP contribution in [0.4, 0.5) is 0 Å². The van der Waals surface area contributed by atoms with Gasteiger partial charge in [-0.3, -0.25) is 0 Å². The number of rotatable bonds is 2. The highest BCUT2D eigenvalue weighted by Gasteiger charge is 1.94. The zero-order chi connectivity index (χ0) is 5.70. The first kappa shape index (κ1) is 6.89. The van der Waals surface area contributed by atoms with Crippen LogP contribution in [0.5, 0.6) is 0 Å². The summed E-state index contributed by atoms with van der Waals surface area (Å²) in [5, 5.41) is 8.57. The van der Waals surface area contributed by atoms with Gasteiger partial charge in [0.25, 0.3) is 0 Å². The van der Waals surface area contributed by atoms with Crippen molar-refractivity contribution < 1.29 is 5.11 Å². The summed E-state index contributed by atoms with van der Waals surface area (Å²) in [4.78, 5) is 0. The molecular weight excluding hydrogens is 110 g/mol. The van der Waals surface area contributed by atoms with E-state index in [2.05, 4.69) is 0 Å². The molecule has 3 heteroatoms. The van der Waals surface area contributed by atoms with Crippen LogP contribution in [0, 0.1) is 4.61 Å². The average molecular weight is 119 g/mol. The summed E-state index contributed by atoms with van der Waals surface area (Å²) in [6.07, 6.45) is 1.58. The van der Waals surface area contributed by atoms with Gasteiger partial charge in [0.1, 0.15) is 5.44 Å². The molecular formula is C4H9NOS.